The molecule has 0 bridgehead atoms. The molecule has 0 fully saturated rings. The van der Waals surface area contributed by atoms with Crippen LogP contribution in [-0.4, -0.2) is 36.6 Å². The number of benzene rings is 1. The van der Waals surface area contributed by atoms with Gasteiger partial charge < -0.3 is 4.74 Å². The van der Waals surface area contributed by atoms with Crippen molar-refractivity contribution in [1.82, 2.24) is 4.72 Å². The molecule has 0 aliphatic rings. The number of halogens is 1. The van der Waals surface area contributed by atoms with Crippen LogP contribution in [0.2, 0.25) is 0 Å². The first kappa shape index (κ1) is 17.0. The second kappa shape index (κ2) is 7.11. The molecule has 0 radical (unpaired) electrons. The second-order valence-electron chi connectivity index (χ2n) is 3.86. The summed E-state index contributed by atoms with van der Waals surface area (Å²) in [6, 6.07) is 3.89. The van der Waals surface area contributed by atoms with E-state index < -0.39 is 25.1 Å². The highest BCUT2D eigenvalue weighted by molar-refractivity contribution is 7.89. The van der Waals surface area contributed by atoms with Crippen LogP contribution in [0.5, 0.6) is 0 Å². The Morgan fingerprint density at radius 3 is 2.15 bits per heavy atom. The molecule has 6 nitrogen and oxygen atoms in total. The fourth-order valence-corrected chi connectivity index (χ4v) is 2.93. The second-order valence-corrected chi connectivity index (χ2v) is 6.97. The molecule has 0 unspecified atom stereocenters. The van der Waals surface area contributed by atoms with Gasteiger partial charge in [-0.25, -0.2) is 13.1 Å². The van der Waals surface area contributed by atoms with Gasteiger partial charge in [0.15, 0.2) is 0 Å². The van der Waals surface area contributed by atoms with Gasteiger partial charge in [0.2, 0.25) is 10.0 Å². The van der Waals surface area contributed by atoms with Gasteiger partial charge >= 0.3 is 10.2 Å². The SMILES string of the molecule is CCOCCCNS(=O)(=O)c1ccc(S(=O)(=O)F)cc1. The Balaban J connectivity index is 2.69. The lowest BCUT2D eigenvalue weighted by molar-refractivity contribution is 0.146. The van der Waals surface area contributed by atoms with Crippen LogP contribution in [0.15, 0.2) is 34.1 Å². The number of sulfonamides is 1. The van der Waals surface area contributed by atoms with E-state index in [1.165, 1.54) is 0 Å². The van der Waals surface area contributed by atoms with Gasteiger partial charge in [-0.2, -0.15) is 8.42 Å². The zero-order valence-electron chi connectivity index (χ0n) is 10.9. The van der Waals surface area contributed by atoms with E-state index in [9.17, 15) is 20.7 Å². The lowest BCUT2D eigenvalue weighted by Crippen LogP contribution is -2.25. The van der Waals surface area contributed by atoms with Gasteiger partial charge in [-0.1, -0.05) is 0 Å². The summed E-state index contributed by atoms with van der Waals surface area (Å²) in [5.74, 6) is 0. The van der Waals surface area contributed by atoms with Crippen molar-refractivity contribution < 1.29 is 25.5 Å². The van der Waals surface area contributed by atoms with Gasteiger partial charge in [-0.15, -0.1) is 3.89 Å². The molecule has 1 rings (SSSR count). The van der Waals surface area contributed by atoms with Crippen LogP contribution in [0.1, 0.15) is 13.3 Å². The predicted molar refractivity (Wildman–Crippen MR) is 71.0 cm³/mol. The highest BCUT2D eigenvalue weighted by Gasteiger charge is 2.16. The molecule has 20 heavy (non-hydrogen) atoms. The average Bonchev–Trinajstić information content (AvgIpc) is 2.37. The third kappa shape index (κ3) is 5.16. The minimum absolute atomic E-state index is 0.124. The third-order valence-corrected chi connectivity index (χ3v) is 4.69. The average molecular weight is 325 g/mol. The van der Waals surface area contributed by atoms with E-state index >= 15 is 0 Å². The highest BCUT2D eigenvalue weighted by atomic mass is 32.3. The topological polar surface area (TPSA) is 89.5 Å². The molecule has 0 heterocycles. The van der Waals surface area contributed by atoms with Crippen LogP contribution >= 0.6 is 0 Å². The molecule has 1 aromatic rings. The third-order valence-electron chi connectivity index (χ3n) is 2.38. The molecule has 0 aliphatic carbocycles. The maximum atomic E-state index is 12.7. The van der Waals surface area contributed by atoms with E-state index in [1.807, 2.05) is 6.92 Å². The minimum atomic E-state index is -4.82. The normalized spacial score (nSPS) is 12.5. The number of rotatable bonds is 8. The molecule has 0 atom stereocenters. The van der Waals surface area contributed by atoms with Crippen LogP contribution < -0.4 is 4.72 Å². The summed E-state index contributed by atoms with van der Waals surface area (Å²) < 4.78 is 65.0. The van der Waals surface area contributed by atoms with Crippen molar-refractivity contribution >= 4 is 20.2 Å². The summed E-state index contributed by atoms with van der Waals surface area (Å²) in [5, 5.41) is 0. The van der Waals surface area contributed by atoms with E-state index in [4.69, 9.17) is 4.74 Å². The summed E-state index contributed by atoms with van der Waals surface area (Å²) >= 11 is 0. The van der Waals surface area contributed by atoms with Crippen molar-refractivity contribution in [2.75, 3.05) is 19.8 Å². The lowest BCUT2D eigenvalue weighted by Gasteiger charge is -2.07. The van der Waals surface area contributed by atoms with Crippen molar-refractivity contribution in [3.8, 4) is 0 Å². The Hall–Kier alpha value is -1.03. The molecule has 0 saturated carbocycles. The summed E-state index contributed by atoms with van der Waals surface area (Å²) in [6.07, 6.45) is 0.518. The first-order chi connectivity index (χ1) is 9.27. The molecule has 0 aromatic heterocycles. The molecule has 0 saturated heterocycles. The van der Waals surface area contributed by atoms with E-state index in [-0.39, 0.29) is 11.4 Å². The Morgan fingerprint density at radius 2 is 1.65 bits per heavy atom. The molecule has 1 N–H and O–H groups in total. The fourth-order valence-electron chi connectivity index (χ4n) is 1.39. The van der Waals surface area contributed by atoms with Crippen LogP contribution in [0.25, 0.3) is 0 Å². The van der Waals surface area contributed by atoms with Gasteiger partial charge in [-0.05, 0) is 37.6 Å². The molecular weight excluding hydrogens is 309 g/mol. The predicted octanol–water partition coefficient (Wildman–Crippen LogP) is 1.05. The molecule has 1 aromatic carbocycles. The summed E-state index contributed by atoms with van der Waals surface area (Å²) in [5.41, 5.74) is 0. The van der Waals surface area contributed by atoms with Gasteiger partial charge in [0, 0.05) is 19.8 Å². The van der Waals surface area contributed by atoms with Gasteiger partial charge in [0.25, 0.3) is 0 Å². The first-order valence-electron chi connectivity index (χ1n) is 5.89. The first-order valence-corrected chi connectivity index (χ1v) is 8.76. The van der Waals surface area contributed by atoms with Crippen molar-refractivity contribution in [2.45, 2.75) is 23.1 Å². The smallest absolute Gasteiger partial charge is 0.332 e. The van der Waals surface area contributed by atoms with Crippen LogP contribution in [0.4, 0.5) is 3.89 Å². The lowest BCUT2D eigenvalue weighted by atomic mass is 10.4. The Kier molecular flexibility index (Phi) is 6.06. The van der Waals surface area contributed by atoms with Gasteiger partial charge in [0.05, 0.1) is 9.79 Å². The fraction of sp³-hybridized carbons (Fsp3) is 0.455. The van der Waals surface area contributed by atoms with Crippen molar-refractivity contribution in [3.05, 3.63) is 24.3 Å². The quantitative estimate of drug-likeness (QED) is 0.570. The van der Waals surface area contributed by atoms with Crippen LogP contribution in [-0.2, 0) is 25.0 Å². The molecule has 0 spiro atoms. The van der Waals surface area contributed by atoms with E-state index in [0.29, 0.717) is 19.6 Å². The highest BCUT2D eigenvalue weighted by Crippen LogP contribution is 2.15. The Bertz CT molecular complexity index is 625. The van der Waals surface area contributed by atoms with E-state index in [2.05, 4.69) is 4.72 Å². The van der Waals surface area contributed by atoms with Crippen molar-refractivity contribution in [3.63, 3.8) is 0 Å². The number of hydrogen-bond acceptors (Lipinski definition) is 5. The molecular formula is C11H16FNO5S2. The Labute approximate surface area is 118 Å². The molecule has 0 amide bonds. The Morgan fingerprint density at radius 1 is 1.10 bits per heavy atom. The molecule has 9 heteroatoms. The van der Waals surface area contributed by atoms with Crippen molar-refractivity contribution in [2.24, 2.45) is 0 Å². The van der Waals surface area contributed by atoms with Crippen LogP contribution in [0, 0.1) is 0 Å². The monoisotopic (exact) mass is 325 g/mol. The summed E-state index contributed by atoms with van der Waals surface area (Å²) in [7, 11) is -8.56. The standard InChI is InChI=1S/C11H16FNO5S2/c1-2-18-9-3-8-13-20(16,17)11-6-4-10(5-7-11)19(12,14)15/h4-7,13H,2-3,8-9H2,1H3. The summed E-state index contributed by atoms with van der Waals surface area (Å²) in [6.45, 7) is 3.04. The maximum absolute atomic E-state index is 12.7. The minimum Gasteiger partial charge on any atom is -0.382 e. The summed E-state index contributed by atoms with van der Waals surface area (Å²) in [4.78, 5) is -0.700. The zero-order valence-corrected chi connectivity index (χ0v) is 12.5. The number of hydrogen-bond donors (Lipinski definition) is 1. The zero-order chi connectivity index (χ0) is 15.2. The largest absolute Gasteiger partial charge is 0.382 e. The van der Waals surface area contributed by atoms with Crippen molar-refractivity contribution in [1.29, 1.82) is 0 Å². The van der Waals surface area contributed by atoms with Gasteiger partial charge in [-0.3, -0.25) is 0 Å². The van der Waals surface area contributed by atoms with Crippen LogP contribution in [0.3, 0.4) is 0 Å². The van der Waals surface area contributed by atoms with E-state index in [0.717, 1.165) is 24.3 Å². The van der Waals surface area contributed by atoms with Gasteiger partial charge in [0.1, 0.15) is 0 Å². The van der Waals surface area contributed by atoms with E-state index in [1.54, 1.807) is 0 Å². The molecule has 0 aliphatic heterocycles. The number of ether oxygens (including phenoxy) is 1. The maximum Gasteiger partial charge on any atom is 0.332 e. The molecule has 114 valence electrons. The number of nitrogens with one attached hydrogen (secondary N) is 1.